The van der Waals surface area contributed by atoms with Gasteiger partial charge in [0.05, 0.1) is 0 Å². The van der Waals surface area contributed by atoms with Gasteiger partial charge in [0.15, 0.2) is 0 Å². The number of amides is 1. The Balaban J connectivity index is 0.00000162. The largest absolute Gasteiger partial charge is 0.339 e. The highest BCUT2D eigenvalue weighted by Crippen LogP contribution is 2.37. The van der Waals surface area contributed by atoms with Crippen molar-refractivity contribution in [1.82, 2.24) is 10.2 Å². The Morgan fingerprint density at radius 3 is 2.39 bits per heavy atom. The van der Waals surface area contributed by atoms with E-state index in [-0.39, 0.29) is 18.3 Å². The monoisotopic (exact) mass is 274 g/mol. The van der Waals surface area contributed by atoms with E-state index in [0.29, 0.717) is 17.9 Å². The molecule has 1 aliphatic carbocycles. The third-order valence-corrected chi connectivity index (χ3v) is 4.22. The van der Waals surface area contributed by atoms with Crippen LogP contribution in [-0.2, 0) is 4.79 Å². The van der Waals surface area contributed by atoms with E-state index in [0.717, 1.165) is 38.9 Å². The van der Waals surface area contributed by atoms with Crippen LogP contribution in [0.3, 0.4) is 0 Å². The lowest BCUT2D eigenvalue weighted by atomic mass is 9.99. The number of piperidine rings is 1. The molecule has 106 valence electrons. The fourth-order valence-electron chi connectivity index (χ4n) is 2.89. The van der Waals surface area contributed by atoms with Crippen molar-refractivity contribution in [1.29, 1.82) is 0 Å². The summed E-state index contributed by atoms with van der Waals surface area (Å²) in [7, 11) is 0. The molecule has 0 bridgehead atoms. The van der Waals surface area contributed by atoms with Gasteiger partial charge in [-0.15, -0.1) is 12.4 Å². The standard InChI is InChI=1S/C14H26N2O.ClH/c1-3-10-16(13-6-8-15-9-7-13)14(17)11(2)12-4-5-12;/h11-13,15H,3-10H2,1-2H3;1H. The van der Waals surface area contributed by atoms with Gasteiger partial charge in [-0.05, 0) is 51.1 Å². The van der Waals surface area contributed by atoms with Crippen LogP contribution in [0.25, 0.3) is 0 Å². The first-order valence-electron chi connectivity index (χ1n) is 7.25. The number of halogens is 1. The maximum Gasteiger partial charge on any atom is 0.225 e. The van der Waals surface area contributed by atoms with Gasteiger partial charge < -0.3 is 10.2 Å². The van der Waals surface area contributed by atoms with Crippen LogP contribution in [0.15, 0.2) is 0 Å². The molecule has 1 N–H and O–H groups in total. The molecule has 1 saturated carbocycles. The number of nitrogens with zero attached hydrogens (tertiary/aromatic N) is 1. The molecule has 0 aromatic carbocycles. The van der Waals surface area contributed by atoms with Crippen molar-refractivity contribution in [2.24, 2.45) is 11.8 Å². The van der Waals surface area contributed by atoms with Crippen LogP contribution in [0.1, 0.15) is 46.0 Å². The molecule has 2 fully saturated rings. The molecule has 1 amide bonds. The summed E-state index contributed by atoms with van der Waals surface area (Å²) in [6.07, 6.45) is 5.86. The third-order valence-electron chi connectivity index (χ3n) is 4.22. The number of carbonyl (C=O) groups is 1. The first kappa shape index (κ1) is 15.8. The minimum atomic E-state index is 0. The predicted octanol–water partition coefficient (Wildman–Crippen LogP) is 2.44. The van der Waals surface area contributed by atoms with Crippen molar-refractivity contribution in [2.75, 3.05) is 19.6 Å². The van der Waals surface area contributed by atoms with Gasteiger partial charge in [0.2, 0.25) is 5.91 Å². The fourth-order valence-corrected chi connectivity index (χ4v) is 2.89. The second kappa shape index (κ2) is 7.34. The van der Waals surface area contributed by atoms with Crippen molar-refractivity contribution < 1.29 is 4.79 Å². The van der Waals surface area contributed by atoms with Gasteiger partial charge in [-0.2, -0.15) is 0 Å². The summed E-state index contributed by atoms with van der Waals surface area (Å²) in [4.78, 5) is 14.7. The highest BCUT2D eigenvalue weighted by Gasteiger charge is 2.36. The summed E-state index contributed by atoms with van der Waals surface area (Å²) in [6, 6.07) is 0.491. The van der Waals surface area contributed by atoms with Crippen molar-refractivity contribution in [3.05, 3.63) is 0 Å². The van der Waals surface area contributed by atoms with Crippen LogP contribution >= 0.6 is 12.4 Å². The number of carbonyl (C=O) groups excluding carboxylic acids is 1. The van der Waals surface area contributed by atoms with Gasteiger partial charge in [0.1, 0.15) is 0 Å². The summed E-state index contributed by atoms with van der Waals surface area (Å²) in [6.45, 7) is 7.37. The second-order valence-electron chi connectivity index (χ2n) is 5.64. The second-order valence-corrected chi connectivity index (χ2v) is 5.64. The highest BCUT2D eigenvalue weighted by molar-refractivity contribution is 5.85. The SMILES string of the molecule is CCCN(C(=O)C(C)C1CC1)C1CCNCC1.Cl. The molecule has 0 radical (unpaired) electrons. The van der Waals surface area contributed by atoms with E-state index < -0.39 is 0 Å². The van der Waals surface area contributed by atoms with Crippen molar-refractivity contribution in [2.45, 2.75) is 52.0 Å². The summed E-state index contributed by atoms with van der Waals surface area (Å²) >= 11 is 0. The number of rotatable bonds is 5. The molecule has 3 nitrogen and oxygen atoms in total. The van der Waals surface area contributed by atoms with Crippen LogP contribution in [0, 0.1) is 11.8 Å². The van der Waals surface area contributed by atoms with E-state index in [2.05, 4.69) is 24.1 Å². The summed E-state index contributed by atoms with van der Waals surface area (Å²) < 4.78 is 0. The van der Waals surface area contributed by atoms with E-state index in [1.165, 1.54) is 12.8 Å². The van der Waals surface area contributed by atoms with Crippen LogP contribution < -0.4 is 5.32 Å². The molecular formula is C14H27ClN2O. The lowest BCUT2D eigenvalue weighted by Gasteiger charge is -2.36. The molecule has 1 unspecified atom stereocenters. The van der Waals surface area contributed by atoms with Gasteiger partial charge in [0.25, 0.3) is 0 Å². The Morgan fingerprint density at radius 2 is 1.89 bits per heavy atom. The van der Waals surface area contributed by atoms with E-state index in [1.54, 1.807) is 0 Å². The lowest BCUT2D eigenvalue weighted by Crippen LogP contribution is -2.48. The van der Waals surface area contributed by atoms with E-state index in [4.69, 9.17) is 0 Å². The minimum Gasteiger partial charge on any atom is -0.339 e. The summed E-state index contributed by atoms with van der Waals surface area (Å²) in [5.74, 6) is 1.36. The molecular weight excluding hydrogens is 248 g/mol. The molecule has 4 heteroatoms. The molecule has 1 aliphatic heterocycles. The Hall–Kier alpha value is -0.280. The van der Waals surface area contributed by atoms with Gasteiger partial charge >= 0.3 is 0 Å². The van der Waals surface area contributed by atoms with Crippen LogP contribution in [0.4, 0.5) is 0 Å². The number of hydrogen-bond donors (Lipinski definition) is 1. The molecule has 1 atom stereocenters. The highest BCUT2D eigenvalue weighted by atomic mass is 35.5. The average Bonchev–Trinajstić information content (AvgIpc) is 3.19. The van der Waals surface area contributed by atoms with Gasteiger partial charge in [-0.1, -0.05) is 13.8 Å². The number of hydrogen-bond acceptors (Lipinski definition) is 2. The van der Waals surface area contributed by atoms with Crippen LogP contribution in [0.5, 0.6) is 0 Å². The Labute approximate surface area is 117 Å². The van der Waals surface area contributed by atoms with Crippen LogP contribution in [-0.4, -0.2) is 36.5 Å². The predicted molar refractivity (Wildman–Crippen MR) is 77.0 cm³/mol. The molecule has 0 aromatic heterocycles. The molecule has 2 aliphatic rings. The topological polar surface area (TPSA) is 32.3 Å². The summed E-state index contributed by atoms with van der Waals surface area (Å²) in [5, 5.41) is 3.38. The quantitative estimate of drug-likeness (QED) is 0.835. The maximum atomic E-state index is 12.5. The lowest BCUT2D eigenvalue weighted by molar-refractivity contribution is -0.138. The Morgan fingerprint density at radius 1 is 1.28 bits per heavy atom. The van der Waals surface area contributed by atoms with Crippen molar-refractivity contribution in [3.63, 3.8) is 0 Å². The molecule has 2 rings (SSSR count). The van der Waals surface area contributed by atoms with Gasteiger partial charge in [0, 0.05) is 18.5 Å². The summed E-state index contributed by atoms with van der Waals surface area (Å²) in [5.41, 5.74) is 0. The minimum absolute atomic E-state index is 0. The first-order chi connectivity index (χ1) is 8.24. The normalized spacial score (nSPS) is 22.1. The average molecular weight is 275 g/mol. The molecule has 0 aromatic rings. The van der Waals surface area contributed by atoms with E-state index in [9.17, 15) is 4.79 Å². The van der Waals surface area contributed by atoms with Crippen molar-refractivity contribution >= 4 is 18.3 Å². The molecule has 18 heavy (non-hydrogen) atoms. The Kier molecular flexibility index (Phi) is 6.44. The fraction of sp³-hybridized carbons (Fsp3) is 0.929. The third kappa shape index (κ3) is 3.86. The molecule has 0 spiro atoms. The molecule has 1 heterocycles. The zero-order valence-corrected chi connectivity index (χ0v) is 12.5. The van der Waals surface area contributed by atoms with E-state index in [1.807, 2.05) is 0 Å². The van der Waals surface area contributed by atoms with Gasteiger partial charge in [-0.25, -0.2) is 0 Å². The van der Waals surface area contributed by atoms with Crippen molar-refractivity contribution in [3.8, 4) is 0 Å². The number of nitrogens with one attached hydrogen (secondary N) is 1. The maximum absolute atomic E-state index is 12.5. The Bertz CT molecular complexity index is 263. The smallest absolute Gasteiger partial charge is 0.225 e. The van der Waals surface area contributed by atoms with Crippen LogP contribution in [0.2, 0.25) is 0 Å². The first-order valence-corrected chi connectivity index (χ1v) is 7.25. The van der Waals surface area contributed by atoms with E-state index >= 15 is 0 Å². The zero-order chi connectivity index (χ0) is 12.3. The zero-order valence-electron chi connectivity index (χ0n) is 11.7. The molecule has 1 saturated heterocycles. The van der Waals surface area contributed by atoms with Gasteiger partial charge in [-0.3, -0.25) is 4.79 Å².